The van der Waals surface area contributed by atoms with Crippen LogP contribution in [0.4, 0.5) is 0 Å². The van der Waals surface area contributed by atoms with Gasteiger partial charge in [-0.25, -0.2) is 4.98 Å². The van der Waals surface area contributed by atoms with Crippen molar-refractivity contribution in [2.45, 2.75) is 13.1 Å². The van der Waals surface area contributed by atoms with Gasteiger partial charge in [0, 0.05) is 6.54 Å². The van der Waals surface area contributed by atoms with Gasteiger partial charge in [0.05, 0.1) is 26.8 Å². The molecule has 0 amide bonds. The predicted molar refractivity (Wildman–Crippen MR) is 91.3 cm³/mol. The highest BCUT2D eigenvalue weighted by Crippen LogP contribution is 2.27. The van der Waals surface area contributed by atoms with E-state index in [-0.39, 0.29) is 0 Å². The normalized spacial score (nSPS) is 11.4. The Hall–Kier alpha value is -1.13. The maximum absolute atomic E-state index is 6.23. The van der Waals surface area contributed by atoms with Gasteiger partial charge in [-0.1, -0.05) is 47.5 Å². The maximum Gasteiger partial charge on any atom is 0.108 e. The highest BCUT2D eigenvalue weighted by Gasteiger charge is 2.10. The van der Waals surface area contributed by atoms with Crippen molar-refractivity contribution < 1.29 is 0 Å². The third kappa shape index (κ3) is 3.38. The van der Waals surface area contributed by atoms with Crippen molar-refractivity contribution in [3.8, 4) is 0 Å². The SMILES string of the molecule is CN(Cc1nc2ccccc2s1)Cc1cccc(Cl)c1Cl. The highest BCUT2D eigenvalue weighted by atomic mass is 35.5. The van der Waals surface area contributed by atoms with Gasteiger partial charge in [-0.15, -0.1) is 11.3 Å². The minimum absolute atomic E-state index is 0.600. The molecule has 2 aromatic carbocycles. The molecule has 3 rings (SSSR count). The molecule has 0 atom stereocenters. The Labute approximate surface area is 137 Å². The first-order chi connectivity index (χ1) is 10.1. The fourth-order valence-electron chi connectivity index (χ4n) is 2.24. The summed E-state index contributed by atoms with van der Waals surface area (Å²) < 4.78 is 1.22. The van der Waals surface area contributed by atoms with Crippen LogP contribution in [-0.4, -0.2) is 16.9 Å². The first kappa shape index (κ1) is 14.8. The third-order valence-electron chi connectivity index (χ3n) is 3.22. The molecule has 0 fully saturated rings. The van der Waals surface area contributed by atoms with E-state index in [4.69, 9.17) is 23.2 Å². The van der Waals surface area contributed by atoms with Gasteiger partial charge in [0.25, 0.3) is 0 Å². The number of hydrogen-bond donors (Lipinski definition) is 0. The summed E-state index contributed by atoms with van der Waals surface area (Å²) in [7, 11) is 2.06. The molecule has 5 heteroatoms. The molecule has 0 aliphatic carbocycles. The van der Waals surface area contributed by atoms with Gasteiger partial charge in [-0.3, -0.25) is 4.90 Å². The Morgan fingerprint density at radius 2 is 1.86 bits per heavy atom. The minimum Gasteiger partial charge on any atom is -0.295 e. The number of aromatic nitrogens is 1. The monoisotopic (exact) mass is 336 g/mol. The molecule has 0 bridgehead atoms. The smallest absolute Gasteiger partial charge is 0.108 e. The Bertz CT molecular complexity index is 737. The average molecular weight is 337 g/mol. The number of fused-ring (bicyclic) bond motifs is 1. The van der Waals surface area contributed by atoms with Crippen LogP contribution in [0.5, 0.6) is 0 Å². The standard InChI is InChI=1S/C16H14Cl2N2S/c1-20(9-11-5-4-6-12(17)16(11)18)10-15-19-13-7-2-3-8-14(13)21-15/h2-8H,9-10H2,1H3. The molecule has 0 spiro atoms. The molecular formula is C16H14Cl2N2S. The van der Waals surface area contributed by atoms with Crippen molar-refractivity contribution in [3.63, 3.8) is 0 Å². The van der Waals surface area contributed by atoms with Gasteiger partial charge >= 0.3 is 0 Å². The predicted octanol–water partition coefficient (Wildman–Crippen LogP) is 5.24. The zero-order chi connectivity index (χ0) is 14.8. The number of benzene rings is 2. The van der Waals surface area contributed by atoms with Gasteiger partial charge in [0.15, 0.2) is 0 Å². The fraction of sp³-hybridized carbons (Fsp3) is 0.188. The molecule has 0 aliphatic rings. The van der Waals surface area contributed by atoms with Crippen molar-refractivity contribution in [1.82, 2.24) is 9.88 Å². The maximum atomic E-state index is 6.23. The molecule has 0 saturated carbocycles. The molecule has 3 aromatic rings. The Kier molecular flexibility index (Phi) is 4.45. The van der Waals surface area contributed by atoms with Gasteiger partial charge in [0.1, 0.15) is 5.01 Å². The van der Waals surface area contributed by atoms with E-state index < -0.39 is 0 Å². The summed E-state index contributed by atoms with van der Waals surface area (Å²) >= 11 is 14.0. The van der Waals surface area contributed by atoms with E-state index in [1.165, 1.54) is 4.70 Å². The second kappa shape index (κ2) is 6.32. The summed E-state index contributed by atoms with van der Waals surface area (Å²) in [6.07, 6.45) is 0. The topological polar surface area (TPSA) is 16.1 Å². The van der Waals surface area contributed by atoms with Gasteiger partial charge < -0.3 is 0 Å². The number of nitrogens with zero attached hydrogens (tertiary/aromatic N) is 2. The minimum atomic E-state index is 0.600. The Balaban J connectivity index is 1.74. The van der Waals surface area contributed by atoms with Crippen molar-refractivity contribution in [1.29, 1.82) is 0 Å². The van der Waals surface area contributed by atoms with E-state index in [2.05, 4.69) is 23.0 Å². The van der Waals surface area contributed by atoms with Gasteiger partial charge in [-0.05, 0) is 30.8 Å². The van der Waals surface area contributed by atoms with E-state index in [1.807, 2.05) is 30.3 Å². The van der Waals surface area contributed by atoms with Crippen LogP contribution in [0, 0.1) is 0 Å². The number of halogens is 2. The van der Waals surface area contributed by atoms with Gasteiger partial charge in [0.2, 0.25) is 0 Å². The molecule has 2 nitrogen and oxygen atoms in total. The summed E-state index contributed by atoms with van der Waals surface area (Å²) in [5.74, 6) is 0. The van der Waals surface area contributed by atoms with E-state index in [1.54, 1.807) is 17.4 Å². The molecule has 0 N–H and O–H groups in total. The van der Waals surface area contributed by atoms with E-state index >= 15 is 0 Å². The first-order valence-electron chi connectivity index (χ1n) is 6.59. The second-order valence-corrected chi connectivity index (χ2v) is 6.86. The summed E-state index contributed by atoms with van der Waals surface area (Å²) in [6, 6.07) is 13.9. The van der Waals surface area contributed by atoms with Crippen LogP contribution in [0.2, 0.25) is 10.0 Å². The van der Waals surface area contributed by atoms with E-state index in [0.717, 1.165) is 29.2 Å². The van der Waals surface area contributed by atoms with Crippen LogP contribution in [0.3, 0.4) is 0 Å². The van der Waals surface area contributed by atoms with Crippen LogP contribution >= 0.6 is 34.5 Å². The average Bonchev–Trinajstić information content (AvgIpc) is 2.86. The quantitative estimate of drug-likeness (QED) is 0.648. The highest BCUT2D eigenvalue weighted by molar-refractivity contribution is 7.18. The van der Waals surface area contributed by atoms with E-state index in [0.29, 0.717) is 10.0 Å². The molecule has 0 aliphatic heterocycles. The van der Waals surface area contributed by atoms with Crippen molar-refractivity contribution in [3.05, 3.63) is 63.1 Å². The number of thiazole rings is 1. The number of rotatable bonds is 4. The van der Waals surface area contributed by atoms with Crippen LogP contribution in [-0.2, 0) is 13.1 Å². The molecule has 0 saturated heterocycles. The number of hydrogen-bond acceptors (Lipinski definition) is 3. The Morgan fingerprint density at radius 3 is 2.67 bits per heavy atom. The fourth-order valence-corrected chi connectivity index (χ4v) is 3.66. The summed E-state index contributed by atoms with van der Waals surface area (Å²) in [5.41, 5.74) is 2.10. The lowest BCUT2D eigenvalue weighted by Crippen LogP contribution is -2.17. The lowest BCUT2D eigenvalue weighted by Gasteiger charge is -2.16. The summed E-state index contributed by atoms with van der Waals surface area (Å²) in [4.78, 5) is 6.84. The lowest BCUT2D eigenvalue weighted by molar-refractivity contribution is 0.319. The zero-order valence-electron chi connectivity index (χ0n) is 11.5. The van der Waals surface area contributed by atoms with Crippen molar-refractivity contribution in [2.75, 3.05) is 7.05 Å². The molecule has 0 radical (unpaired) electrons. The zero-order valence-corrected chi connectivity index (χ0v) is 13.8. The Morgan fingerprint density at radius 1 is 1.05 bits per heavy atom. The molecule has 1 heterocycles. The molecule has 21 heavy (non-hydrogen) atoms. The van der Waals surface area contributed by atoms with Crippen molar-refractivity contribution >= 4 is 44.8 Å². The first-order valence-corrected chi connectivity index (χ1v) is 8.16. The third-order valence-corrected chi connectivity index (χ3v) is 5.09. The van der Waals surface area contributed by atoms with Crippen LogP contribution in [0.15, 0.2) is 42.5 Å². The molecular weight excluding hydrogens is 323 g/mol. The molecule has 1 aromatic heterocycles. The van der Waals surface area contributed by atoms with Gasteiger partial charge in [-0.2, -0.15) is 0 Å². The lowest BCUT2D eigenvalue weighted by atomic mass is 10.2. The van der Waals surface area contributed by atoms with Crippen LogP contribution < -0.4 is 0 Å². The van der Waals surface area contributed by atoms with Crippen LogP contribution in [0.1, 0.15) is 10.6 Å². The largest absolute Gasteiger partial charge is 0.295 e. The van der Waals surface area contributed by atoms with E-state index in [9.17, 15) is 0 Å². The second-order valence-electron chi connectivity index (χ2n) is 4.96. The number of para-hydroxylation sites is 1. The summed E-state index contributed by atoms with van der Waals surface area (Å²) in [5, 5.41) is 2.34. The molecule has 0 unspecified atom stereocenters. The van der Waals surface area contributed by atoms with Crippen LogP contribution in [0.25, 0.3) is 10.2 Å². The van der Waals surface area contributed by atoms with Crippen molar-refractivity contribution in [2.24, 2.45) is 0 Å². The summed E-state index contributed by atoms with van der Waals surface area (Å²) in [6.45, 7) is 1.54. The molecule has 108 valence electrons.